The third-order valence-electron chi connectivity index (χ3n) is 3.64. The van der Waals surface area contributed by atoms with E-state index in [0.717, 1.165) is 0 Å². The van der Waals surface area contributed by atoms with Crippen molar-refractivity contribution < 1.29 is 22.1 Å². The van der Waals surface area contributed by atoms with Crippen LogP contribution in [0.25, 0.3) is 5.69 Å². The standard InChI is InChI=1S/C17H18N4O5S/c1-13-11-16(7-8-17(13)25-10-9-24-2)27(22,23)26-15-5-3-14(4-6-15)21-12-18-19-20-21/h3-8,11-12H,9-10H2,1-2H3. The molecular formula is C17H18N4O5S. The Bertz CT molecular complexity index is 989. The summed E-state index contributed by atoms with van der Waals surface area (Å²) in [5.41, 5.74) is 1.36. The molecule has 0 saturated carbocycles. The molecule has 9 nitrogen and oxygen atoms in total. The van der Waals surface area contributed by atoms with Crippen LogP contribution >= 0.6 is 0 Å². The fourth-order valence-corrected chi connectivity index (χ4v) is 3.30. The molecule has 0 radical (unpaired) electrons. The molecule has 0 N–H and O–H groups in total. The summed E-state index contributed by atoms with van der Waals surface area (Å²) < 4.78 is 42.1. The van der Waals surface area contributed by atoms with Gasteiger partial charge in [0.05, 0.1) is 12.3 Å². The first kappa shape index (κ1) is 18.8. The number of benzene rings is 2. The van der Waals surface area contributed by atoms with Crippen molar-refractivity contribution in [1.82, 2.24) is 20.2 Å². The van der Waals surface area contributed by atoms with Gasteiger partial charge < -0.3 is 13.7 Å². The fourth-order valence-electron chi connectivity index (χ4n) is 2.28. The zero-order chi connectivity index (χ0) is 19.3. The summed E-state index contributed by atoms with van der Waals surface area (Å²) in [6, 6.07) is 10.9. The molecule has 0 saturated heterocycles. The molecule has 0 spiro atoms. The topological polar surface area (TPSA) is 105 Å². The maximum atomic E-state index is 12.5. The number of methoxy groups -OCH3 is 1. The Morgan fingerprint density at radius 2 is 1.85 bits per heavy atom. The number of aryl methyl sites for hydroxylation is 1. The summed E-state index contributed by atoms with van der Waals surface area (Å²) in [6.07, 6.45) is 1.44. The molecule has 3 aromatic rings. The normalized spacial score (nSPS) is 11.3. The van der Waals surface area contributed by atoms with Gasteiger partial charge in [0.15, 0.2) is 0 Å². The number of ether oxygens (including phenoxy) is 2. The van der Waals surface area contributed by atoms with Crippen LogP contribution in [0.3, 0.4) is 0 Å². The Kier molecular flexibility index (Phi) is 5.67. The molecule has 0 bridgehead atoms. The van der Waals surface area contributed by atoms with Gasteiger partial charge >= 0.3 is 10.1 Å². The SMILES string of the molecule is COCCOc1ccc(S(=O)(=O)Oc2ccc(-n3cnnn3)cc2)cc1C. The van der Waals surface area contributed by atoms with Gasteiger partial charge in [-0.15, -0.1) is 5.10 Å². The van der Waals surface area contributed by atoms with Gasteiger partial charge in [0.25, 0.3) is 0 Å². The predicted molar refractivity (Wildman–Crippen MR) is 95.5 cm³/mol. The van der Waals surface area contributed by atoms with E-state index in [1.54, 1.807) is 32.2 Å². The summed E-state index contributed by atoms with van der Waals surface area (Å²) in [7, 11) is -2.39. The maximum Gasteiger partial charge on any atom is 0.339 e. The second-order valence-electron chi connectivity index (χ2n) is 5.55. The monoisotopic (exact) mass is 390 g/mol. The van der Waals surface area contributed by atoms with E-state index in [1.807, 2.05) is 0 Å². The molecule has 1 aromatic heterocycles. The van der Waals surface area contributed by atoms with Gasteiger partial charge in [0, 0.05) is 7.11 Å². The van der Waals surface area contributed by atoms with Gasteiger partial charge in [0.1, 0.15) is 29.3 Å². The fraction of sp³-hybridized carbons (Fsp3) is 0.235. The molecule has 0 unspecified atom stereocenters. The minimum absolute atomic E-state index is 0.0450. The number of tetrazole rings is 1. The minimum atomic E-state index is -3.97. The zero-order valence-corrected chi connectivity index (χ0v) is 15.6. The van der Waals surface area contributed by atoms with E-state index in [9.17, 15) is 8.42 Å². The van der Waals surface area contributed by atoms with Crippen LogP contribution in [-0.4, -0.2) is 48.9 Å². The quantitative estimate of drug-likeness (QED) is 0.423. The molecule has 0 aliphatic carbocycles. The molecule has 142 valence electrons. The van der Waals surface area contributed by atoms with Gasteiger partial charge in [-0.2, -0.15) is 8.42 Å². The first-order valence-electron chi connectivity index (χ1n) is 8.00. The molecule has 0 aliphatic heterocycles. The van der Waals surface area contributed by atoms with Crippen molar-refractivity contribution in [2.45, 2.75) is 11.8 Å². The second kappa shape index (κ2) is 8.14. The highest BCUT2D eigenvalue weighted by Crippen LogP contribution is 2.25. The lowest BCUT2D eigenvalue weighted by atomic mass is 10.2. The number of hydrogen-bond donors (Lipinski definition) is 0. The van der Waals surface area contributed by atoms with Gasteiger partial charge in [-0.05, 0) is 65.4 Å². The van der Waals surface area contributed by atoms with Crippen molar-refractivity contribution in [3.05, 3.63) is 54.4 Å². The molecule has 10 heteroatoms. The van der Waals surface area contributed by atoms with E-state index in [-0.39, 0.29) is 10.6 Å². The van der Waals surface area contributed by atoms with E-state index >= 15 is 0 Å². The van der Waals surface area contributed by atoms with Gasteiger partial charge in [-0.3, -0.25) is 0 Å². The Labute approximate surface area is 156 Å². The molecule has 0 atom stereocenters. The number of nitrogens with zero attached hydrogens (tertiary/aromatic N) is 4. The minimum Gasteiger partial charge on any atom is -0.491 e. The van der Waals surface area contributed by atoms with E-state index < -0.39 is 10.1 Å². The Balaban J connectivity index is 1.73. The van der Waals surface area contributed by atoms with Crippen LogP contribution < -0.4 is 8.92 Å². The molecule has 0 fully saturated rings. The van der Waals surface area contributed by atoms with E-state index in [1.165, 1.54) is 35.3 Å². The zero-order valence-electron chi connectivity index (χ0n) is 14.8. The number of aromatic nitrogens is 4. The van der Waals surface area contributed by atoms with Crippen LogP contribution in [-0.2, 0) is 14.9 Å². The van der Waals surface area contributed by atoms with Crippen molar-refractivity contribution in [3.63, 3.8) is 0 Å². The highest BCUT2D eigenvalue weighted by atomic mass is 32.2. The third-order valence-corrected chi connectivity index (χ3v) is 4.88. The van der Waals surface area contributed by atoms with Crippen LogP contribution in [0, 0.1) is 6.92 Å². The Morgan fingerprint density at radius 3 is 2.48 bits per heavy atom. The predicted octanol–water partition coefficient (Wildman–Crippen LogP) is 1.76. The number of hydrogen-bond acceptors (Lipinski definition) is 8. The average Bonchev–Trinajstić information content (AvgIpc) is 3.18. The summed E-state index contributed by atoms with van der Waals surface area (Å²) in [6.45, 7) is 2.60. The molecule has 1 heterocycles. The van der Waals surface area contributed by atoms with Crippen molar-refractivity contribution in [2.24, 2.45) is 0 Å². The molecule has 0 aliphatic rings. The lowest BCUT2D eigenvalue weighted by Gasteiger charge is -2.11. The lowest BCUT2D eigenvalue weighted by molar-refractivity contribution is 0.146. The molecule has 3 rings (SSSR count). The second-order valence-corrected chi connectivity index (χ2v) is 7.10. The first-order valence-corrected chi connectivity index (χ1v) is 9.41. The third kappa shape index (κ3) is 4.60. The molecular weight excluding hydrogens is 372 g/mol. The largest absolute Gasteiger partial charge is 0.491 e. The van der Waals surface area contributed by atoms with Crippen LogP contribution in [0.4, 0.5) is 0 Å². The average molecular weight is 390 g/mol. The highest BCUT2D eigenvalue weighted by Gasteiger charge is 2.18. The summed E-state index contributed by atoms with van der Waals surface area (Å²) >= 11 is 0. The number of rotatable bonds is 8. The molecule has 27 heavy (non-hydrogen) atoms. The van der Waals surface area contributed by atoms with Crippen molar-refractivity contribution in [3.8, 4) is 17.2 Å². The summed E-state index contributed by atoms with van der Waals surface area (Å²) in [4.78, 5) is 0.0450. The van der Waals surface area contributed by atoms with Crippen molar-refractivity contribution >= 4 is 10.1 Å². The molecule has 2 aromatic carbocycles. The van der Waals surface area contributed by atoms with Gasteiger partial charge in [0.2, 0.25) is 0 Å². The summed E-state index contributed by atoms with van der Waals surface area (Å²) in [5, 5.41) is 10.9. The summed E-state index contributed by atoms with van der Waals surface area (Å²) in [5.74, 6) is 0.779. The smallest absolute Gasteiger partial charge is 0.339 e. The molecule has 0 amide bonds. The highest BCUT2D eigenvalue weighted by molar-refractivity contribution is 7.87. The van der Waals surface area contributed by atoms with Gasteiger partial charge in [-0.25, -0.2) is 4.68 Å². The lowest BCUT2D eigenvalue weighted by Crippen LogP contribution is -2.11. The van der Waals surface area contributed by atoms with E-state index in [0.29, 0.717) is 30.2 Å². The first-order chi connectivity index (χ1) is 13.0. The van der Waals surface area contributed by atoms with E-state index in [4.69, 9.17) is 13.7 Å². The van der Waals surface area contributed by atoms with Crippen LogP contribution in [0.1, 0.15) is 5.56 Å². The van der Waals surface area contributed by atoms with Crippen LogP contribution in [0.2, 0.25) is 0 Å². The van der Waals surface area contributed by atoms with Crippen LogP contribution in [0.5, 0.6) is 11.5 Å². The Morgan fingerprint density at radius 1 is 1.07 bits per heavy atom. The van der Waals surface area contributed by atoms with Crippen molar-refractivity contribution in [1.29, 1.82) is 0 Å². The van der Waals surface area contributed by atoms with Crippen molar-refractivity contribution in [2.75, 3.05) is 20.3 Å². The maximum absolute atomic E-state index is 12.5. The van der Waals surface area contributed by atoms with E-state index in [2.05, 4.69) is 15.5 Å². The Hall–Kier alpha value is -2.98. The van der Waals surface area contributed by atoms with Crippen LogP contribution in [0.15, 0.2) is 53.7 Å². The van der Waals surface area contributed by atoms with Gasteiger partial charge in [-0.1, -0.05) is 0 Å².